The molecule has 0 radical (unpaired) electrons. The van der Waals surface area contributed by atoms with Crippen LogP contribution in [0.25, 0.3) is 5.76 Å². The van der Waals surface area contributed by atoms with Crippen LogP contribution in [0.4, 0.5) is 0 Å². The lowest BCUT2D eigenvalue weighted by molar-refractivity contribution is -0.695. The number of carbonyl (C=O) groups is 2. The molecule has 4 rings (SSSR count). The molecule has 164 valence electrons. The van der Waals surface area contributed by atoms with E-state index in [4.69, 9.17) is 16.3 Å². The van der Waals surface area contributed by atoms with Gasteiger partial charge in [-0.15, -0.1) is 0 Å². The average Bonchev–Trinajstić information content (AvgIpc) is 3.41. The lowest BCUT2D eigenvalue weighted by Crippen LogP contribution is -2.36. The zero-order chi connectivity index (χ0) is 22.7. The summed E-state index contributed by atoms with van der Waals surface area (Å²) in [5.74, 6) is -1.22. The van der Waals surface area contributed by atoms with E-state index in [1.807, 2.05) is 23.3 Å². The van der Waals surface area contributed by atoms with Gasteiger partial charge in [0, 0.05) is 30.9 Å². The van der Waals surface area contributed by atoms with Gasteiger partial charge >= 0.3 is 0 Å². The van der Waals surface area contributed by atoms with Crippen molar-refractivity contribution < 1.29 is 24.0 Å². The Balaban J connectivity index is 1.72. The highest BCUT2D eigenvalue weighted by molar-refractivity contribution is 6.46. The van der Waals surface area contributed by atoms with E-state index in [9.17, 15) is 14.7 Å². The Morgan fingerprint density at radius 1 is 1.28 bits per heavy atom. The second-order valence-corrected chi connectivity index (χ2v) is 7.73. The van der Waals surface area contributed by atoms with Gasteiger partial charge in [0.05, 0.1) is 30.3 Å². The van der Waals surface area contributed by atoms with E-state index in [0.29, 0.717) is 36.4 Å². The number of nitrogens with one attached hydrogen (secondary N) is 1. The molecule has 0 aliphatic carbocycles. The van der Waals surface area contributed by atoms with Crippen molar-refractivity contribution in [3.05, 3.63) is 83.2 Å². The number of aliphatic hydroxyl groups is 1. The molecule has 0 saturated carbocycles. The molecule has 1 aliphatic rings. The highest BCUT2D eigenvalue weighted by Gasteiger charge is 2.45. The molecular formula is C23H22ClN4O4+. The predicted molar refractivity (Wildman–Crippen MR) is 117 cm³/mol. The highest BCUT2D eigenvalue weighted by Crippen LogP contribution is 2.40. The third-order valence-electron chi connectivity index (χ3n) is 5.40. The van der Waals surface area contributed by atoms with E-state index in [1.54, 1.807) is 36.7 Å². The van der Waals surface area contributed by atoms with Crippen LogP contribution in [0.15, 0.2) is 67.0 Å². The summed E-state index contributed by atoms with van der Waals surface area (Å²) in [5, 5.41) is 11.4. The Morgan fingerprint density at radius 2 is 2.06 bits per heavy atom. The van der Waals surface area contributed by atoms with Gasteiger partial charge in [0.25, 0.3) is 11.7 Å². The van der Waals surface area contributed by atoms with Crippen LogP contribution in [0.5, 0.6) is 5.75 Å². The maximum atomic E-state index is 13.0. The topological polar surface area (TPSA) is 99.4 Å². The Labute approximate surface area is 189 Å². The Morgan fingerprint density at radius 3 is 2.72 bits per heavy atom. The summed E-state index contributed by atoms with van der Waals surface area (Å²) in [6, 6.07) is 7.45. The summed E-state index contributed by atoms with van der Waals surface area (Å²) in [6.45, 7) is 1.01. The molecule has 2 aromatic heterocycles. The van der Waals surface area contributed by atoms with E-state index < -0.39 is 17.7 Å². The van der Waals surface area contributed by atoms with Crippen LogP contribution in [-0.2, 0) is 16.1 Å². The van der Waals surface area contributed by atoms with Gasteiger partial charge in [-0.3, -0.25) is 19.6 Å². The van der Waals surface area contributed by atoms with Crippen molar-refractivity contribution in [1.29, 1.82) is 0 Å². The van der Waals surface area contributed by atoms with Crippen LogP contribution in [0.2, 0.25) is 5.02 Å². The van der Waals surface area contributed by atoms with Crippen LogP contribution >= 0.6 is 11.6 Å². The molecule has 8 nitrogen and oxygen atoms in total. The molecule has 1 amide bonds. The van der Waals surface area contributed by atoms with Gasteiger partial charge in [-0.1, -0.05) is 11.6 Å². The molecule has 2 N–H and O–H groups in total. The number of aryl methyl sites for hydroxylation is 1. The number of methoxy groups -OCH3 is 1. The minimum absolute atomic E-state index is 0.0248. The molecule has 1 fully saturated rings. The maximum Gasteiger partial charge on any atom is 0.295 e. The van der Waals surface area contributed by atoms with Gasteiger partial charge < -0.3 is 14.7 Å². The number of rotatable bonds is 7. The lowest BCUT2D eigenvalue weighted by Gasteiger charge is -2.25. The summed E-state index contributed by atoms with van der Waals surface area (Å²) >= 11 is 6.21. The first kappa shape index (κ1) is 21.6. The number of aromatic nitrogens is 3. The fraction of sp³-hybridized carbons (Fsp3) is 0.217. The van der Waals surface area contributed by atoms with Crippen LogP contribution in [0.3, 0.4) is 0 Å². The zero-order valence-electron chi connectivity index (χ0n) is 17.4. The minimum Gasteiger partial charge on any atom is -0.507 e. The number of hydrogen-bond donors (Lipinski definition) is 2. The summed E-state index contributed by atoms with van der Waals surface area (Å²) in [5.41, 5.74) is 1.04. The van der Waals surface area contributed by atoms with Crippen LogP contribution in [0, 0.1) is 0 Å². The van der Waals surface area contributed by atoms with Crippen LogP contribution < -0.4 is 9.30 Å². The third kappa shape index (κ3) is 4.09. The molecule has 1 saturated heterocycles. The van der Waals surface area contributed by atoms with E-state index in [-0.39, 0.29) is 16.4 Å². The second kappa shape index (κ2) is 9.23. The van der Waals surface area contributed by atoms with Crippen molar-refractivity contribution in [3.63, 3.8) is 0 Å². The molecule has 0 bridgehead atoms. The number of nitrogens with zero attached hydrogens (tertiary/aromatic N) is 3. The van der Waals surface area contributed by atoms with Gasteiger partial charge in [0.2, 0.25) is 6.33 Å². The minimum atomic E-state index is -0.731. The molecule has 3 heterocycles. The maximum absolute atomic E-state index is 13.0. The van der Waals surface area contributed by atoms with E-state index in [0.717, 1.165) is 0 Å². The number of pyridine rings is 1. The van der Waals surface area contributed by atoms with Gasteiger partial charge in [-0.05, 0) is 35.9 Å². The summed E-state index contributed by atoms with van der Waals surface area (Å²) in [4.78, 5) is 34.5. The first-order valence-corrected chi connectivity index (χ1v) is 10.4. The van der Waals surface area contributed by atoms with E-state index >= 15 is 0 Å². The first-order chi connectivity index (χ1) is 15.5. The van der Waals surface area contributed by atoms with Crippen molar-refractivity contribution >= 4 is 29.1 Å². The number of aromatic amines is 1. The fourth-order valence-corrected chi connectivity index (χ4v) is 4.11. The number of benzene rings is 1. The Hall–Kier alpha value is -3.65. The molecule has 1 atom stereocenters. The van der Waals surface area contributed by atoms with Crippen molar-refractivity contribution in [3.8, 4) is 5.75 Å². The highest BCUT2D eigenvalue weighted by atomic mass is 35.5. The molecule has 1 aliphatic heterocycles. The number of halogens is 1. The molecule has 9 heteroatoms. The molecule has 3 aromatic rings. The van der Waals surface area contributed by atoms with Crippen molar-refractivity contribution in [1.82, 2.24) is 14.9 Å². The van der Waals surface area contributed by atoms with E-state index in [2.05, 4.69) is 9.97 Å². The largest absolute Gasteiger partial charge is 0.507 e. The Kier molecular flexibility index (Phi) is 6.23. The third-order valence-corrected chi connectivity index (χ3v) is 5.70. The first-order valence-electron chi connectivity index (χ1n) is 10.1. The number of aliphatic hydroxyl groups excluding tert-OH is 1. The Bertz CT molecular complexity index is 1160. The lowest BCUT2D eigenvalue weighted by atomic mass is 9.96. The predicted octanol–water partition coefficient (Wildman–Crippen LogP) is 2.87. The quantitative estimate of drug-likeness (QED) is 0.248. The number of hydrogen-bond acceptors (Lipinski definition) is 5. The molecular weight excluding hydrogens is 432 g/mol. The van der Waals surface area contributed by atoms with Gasteiger partial charge in [0.15, 0.2) is 0 Å². The van der Waals surface area contributed by atoms with E-state index in [1.165, 1.54) is 18.1 Å². The summed E-state index contributed by atoms with van der Waals surface area (Å²) < 4.78 is 7.11. The molecule has 1 aromatic carbocycles. The summed E-state index contributed by atoms with van der Waals surface area (Å²) in [6.07, 6.45) is 9.34. The SMILES string of the molecule is COc1ccc(/C(O)=C2\C(=O)C(=O)N(CCC[n+]3cc[nH]c3)C2c2ccncc2)cc1Cl. The number of amides is 1. The zero-order valence-corrected chi connectivity index (χ0v) is 18.1. The number of Topliss-reactive ketones (excluding diaryl/α,β-unsaturated/α-hetero) is 1. The van der Waals surface area contributed by atoms with Gasteiger partial charge in [-0.2, -0.15) is 0 Å². The standard InChI is InChI=1S/C23H21ClN4O4/c1-32-18-4-3-16(13-17(18)24)21(29)19-20(15-5-7-25-8-6-15)28(23(31)22(19)30)11-2-10-27-12-9-26-14-27/h3-9,12-14,20H,2,10-11H2,1H3,(H,29,30)/p+1. The number of ketones is 1. The van der Waals surface area contributed by atoms with Gasteiger partial charge in [0.1, 0.15) is 23.9 Å². The number of H-pyrrole nitrogens is 1. The second-order valence-electron chi connectivity index (χ2n) is 7.33. The smallest absolute Gasteiger partial charge is 0.295 e. The van der Waals surface area contributed by atoms with Crippen molar-refractivity contribution in [2.45, 2.75) is 19.0 Å². The average molecular weight is 454 g/mol. The van der Waals surface area contributed by atoms with Gasteiger partial charge in [-0.25, -0.2) is 4.57 Å². The van der Waals surface area contributed by atoms with Crippen LogP contribution in [0.1, 0.15) is 23.6 Å². The number of likely N-dealkylation sites (tertiary alicyclic amines) is 1. The number of carbonyl (C=O) groups excluding carboxylic acids is 2. The van der Waals surface area contributed by atoms with Crippen molar-refractivity contribution in [2.75, 3.05) is 13.7 Å². The van der Waals surface area contributed by atoms with Crippen molar-refractivity contribution in [2.24, 2.45) is 0 Å². The number of ether oxygens (including phenoxy) is 1. The number of imidazole rings is 1. The fourth-order valence-electron chi connectivity index (χ4n) is 3.86. The normalized spacial score (nSPS) is 17.7. The molecule has 32 heavy (non-hydrogen) atoms. The van der Waals surface area contributed by atoms with Crippen LogP contribution in [-0.4, -0.2) is 45.3 Å². The molecule has 0 spiro atoms. The monoisotopic (exact) mass is 453 g/mol. The molecule has 1 unspecified atom stereocenters. The summed E-state index contributed by atoms with van der Waals surface area (Å²) in [7, 11) is 1.49.